The predicted octanol–water partition coefficient (Wildman–Crippen LogP) is 2.79. The third kappa shape index (κ3) is 3.62. The van der Waals surface area contributed by atoms with Gasteiger partial charge in [-0.3, -0.25) is 20.8 Å². The summed E-state index contributed by atoms with van der Waals surface area (Å²) in [4.78, 5) is 24.6. The van der Waals surface area contributed by atoms with Crippen LogP contribution in [0.4, 0.5) is 11.4 Å². The number of nitro benzene ring substituents is 1. The second-order valence-corrected chi connectivity index (χ2v) is 5.01. The van der Waals surface area contributed by atoms with Crippen molar-refractivity contribution in [3.63, 3.8) is 0 Å². The minimum absolute atomic E-state index is 0.00944. The molecule has 1 atom stereocenters. The van der Waals surface area contributed by atoms with Crippen LogP contribution in [0.3, 0.4) is 0 Å². The van der Waals surface area contributed by atoms with Gasteiger partial charge in [-0.15, -0.1) is 0 Å². The van der Waals surface area contributed by atoms with Crippen LogP contribution in [0.5, 0.6) is 0 Å². The minimum Gasteiger partial charge on any atom is -0.336 e. The van der Waals surface area contributed by atoms with Gasteiger partial charge in [-0.25, -0.2) is 0 Å². The summed E-state index contributed by atoms with van der Waals surface area (Å²) >= 11 is 5.97. The molecule has 116 valence electrons. The maximum atomic E-state index is 12.5. The number of nitro groups is 1. The van der Waals surface area contributed by atoms with Crippen LogP contribution in [-0.2, 0) is 0 Å². The second kappa shape index (κ2) is 7.24. The van der Waals surface area contributed by atoms with Crippen LogP contribution in [0, 0.1) is 10.1 Å². The van der Waals surface area contributed by atoms with Crippen molar-refractivity contribution in [3.8, 4) is 0 Å². The van der Waals surface area contributed by atoms with Gasteiger partial charge in [0.25, 0.3) is 11.6 Å². The van der Waals surface area contributed by atoms with Gasteiger partial charge in [0.15, 0.2) is 0 Å². The Kier molecular flexibility index (Phi) is 5.92. The first kappa shape index (κ1) is 17.2. The molecule has 0 aliphatic heterocycles. The van der Waals surface area contributed by atoms with E-state index in [0.29, 0.717) is 6.54 Å². The van der Waals surface area contributed by atoms with E-state index < -0.39 is 4.92 Å². The van der Waals surface area contributed by atoms with Gasteiger partial charge >= 0.3 is 0 Å². The number of nitrogens with two attached hydrogens (primary N) is 1. The summed E-state index contributed by atoms with van der Waals surface area (Å²) in [6, 6.07) is 2.61. The van der Waals surface area contributed by atoms with Crippen molar-refractivity contribution in [1.82, 2.24) is 4.90 Å². The molecule has 8 heteroatoms. The number of carbonyl (C=O) groups excluding carboxylic acids is 1. The summed E-state index contributed by atoms with van der Waals surface area (Å²) in [7, 11) is 0. The van der Waals surface area contributed by atoms with Crippen molar-refractivity contribution in [3.05, 3.63) is 32.8 Å². The van der Waals surface area contributed by atoms with E-state index in [9.17, 15) is 14.9 Å². The number of rotatable bonds is 6. The number of amides is 1. The molecule has 21 heavy (non-hydrogen) atoms. The molecule has 0 saturated carbocycles. The molecule has 1 aromatic rings. The minimum atomic E-state index is -0.628. The number of hydrogen-bond acceptors (Lipinski definition) is 5. The Balaban J connectivity index is 3.31. The quantitative estimate of drug-likeness (QED) is 0.477. The number of nitrogens with one attached hydrogen (secondary N) is 1. The zero-order valence-corrected chi connectivity index (χ0v) is 13.0. The first-order valence-corrected chi connectivity index (χ1v) is 7.00. The third-order valence-electron chi connectivity index (χ3n) is 3.38. The first-order chi connectivity index (χ1) is 9.87. The fourth-order valence-corrected chi connectivity index (χ4v) is 2.31. The molecule has 0 aliphatic rings. The molecule has 0 radical (unpaired) electrons. The third-order valence-corrected chi connectivity index (χ3v) is 3.68. The average molecular weight is 315 g/mol. The van der Waals surface area contributed by atoms with E-state index in [-0.39, 0.29) is 33.9 Å². The van der Waals surface area contributed by atoms with Gasteiger partial charge < -0.3 is 10.3 Å². The van der Waals surface area contributed by atoms with E-state index in [2.05, 4.69) is 5.43 Å². The number of nitrogens with zero attached hydrogens (tertiary/aromatic N) is 2. The molecule has 1 amide bonds. The summed E-state index contributed by atoms with van der Waals surface area (Å²) in [5, 5.41) is 11.1. The molecule has 0 fully saturated rings. The molecule has 0 bridgehead atoms. The van der Waals surface area contributed by atoms with Gasteiger partial charge in [0, 0.05) is 24.2 Å². The lowest BCUT2D eigenvalue weighted by molar-refractivity contribution is -0.384. The Labute approximate surface area is 128 Å². The zero-order valence-electron chi connectivity index (χ0n) is 12.2. The molecule has 0 spiro atoms. The molecule has 1 aromatic carbocycles. The lowest BCUT2D eigenvalue weighted by Gasteiger charge is -2.27. The molecular weight excluding hydrogens is 296 g/mol. The van der Waals surface area contributed by atoms with Gasteiger partial charge in [0.1, 0.15) is 5.69 Å². The van der Waals surface area contributed by atoms with Gasteiger partial charge in [-0.1, -0.05) is 18.5 Å². The highest BCUT2D eigenvalue weighted by Gasteiger charge is 2.24. The molecule has 7 nitrogen and oxygen atoms in total. The van der Waals surface area contributed by atoms with E-state index in [1.54, 1.807) is 4.90 Å². The summed E-state index contributed by atoms with van der Waals surface area (Å²) in [5.74, 6) is 4.95. The Bertz CT molecular complexity index is 550. The molecule has 1 unspecified atom stereocenters. The van der Waals surface area contributed by atoms with Gasteiger partial charge in [-0.2, -0.15) is 0 Å². The van der Waals surface area contributed by atoms with Crippen LogP contribution in [0.15, 0.2) is 12.1 Å². The van der Waals surface area contributed by atoms with Crippen LogP contribution >= 0.6 is 11.6 Å². The van der Waals surface area contributed by atoms with Crippen LogP contribution in [0.1, 0.15) is 37.6 Å². The normalized spacial score (nSPS) is 11.9. The average Bonchev–Trinajstić information content (AvgIpc) is 2.46. The number of anilines is 1. The fourth-order valence-electron chi connectivity index (χ4n) is 2.04. The zero-order chi connectivity index (χ0) is 16.2. The lowest BCUT2D eigenvalue weighted by Crippen LogP contribution is -2.38. The summed E-state index contributed by atoms with van der Waals surface area (Å²) in [5.41, 5.74) is 2.03. The molecule has 1 rings (SSSR count). The van der Waals surface area contributed by atoms with Crippen LogP contribution in [-0.4, -0.2) is 28.3 Å². The molecule has 0 saturated heterocycles. The van der Waals surface area contributed by atoms with Crippen molar-refractivity contribution in [2.24, 2.45) is 5.84 Å². The fraction of sp³-hybridized carbons (Fsp3) is 0.462. The topological polar surface area (TPSA) is 102 Å². The molecular formula is C13H19ClN4O3. The summed E-state index contributed by atoms with van der Waals surface area (Å²) in [6.07, 6.45) is 0.790. The van der Waals surface area contributed by atoms with Crippen molar-refractivity contribution in [2.75, 3.05) is 12.0 Å². The molecule has 3 N–H and O–H groups in total. The maximum Gasteiger partial charge on any atom is 0.295 e. The Morgan fingerprint density at radius 2 is 2.14 bits per heavy atom. The van der Waals surface area contributed by atoms with Crippen LogP contribution in [0.25, 0.3) is 0 Å². The SMILES string of the molecule is CCC(C)N(CC)C(=O)c1cc(Cl)c(NN)c([N+](=O)[O-])c1. The van der Waals surface area contributed by atoms with E-state index in [4.69, 9.17) is 17.4 Å². The predicted molar refractivity (Wildman–Crippen MR) is 82.4 cm³/mol. The Hall–Kier alpha value is -1.86. The second-order valence-electron chi connectivity index (χ2n) is 4.60. The van der Waals surface area contributed by atoms with Crippen molar-refractivity contribution < 1.29 is 9.72 Å². The largest absolute Gasteiger partial charge is 0.336 e. The van der Waals surface area contributed by atoms with Crippen molar-refractivity contribution in [1.29, 1.82) is 0 Å². The van der Waals surface area contributed by atoms with E-state index in [0.717, 1.165) is 6.42 Å². The summed E-state index contributed by atoms with van der Waals surface area (Å²) in [6.45, 7) is 6.26. The van der Waals surface area contributed by atoms with Crippen LogP contribution < -0.4 is 11.3 Å². The lowest BCUT2D eigenvalue weighted by atomic mass is 10.1. The number of benzene rings is 1. The van der Waals surface area contributed by atoms with Gasteiger partial charge in [0.05, 0.1) is 9.95 Å². The number of nitrogen functional groups attached to an aromatic ring is 1. The van der Waals surface area contributed by atoms with E-state index >= 15 is 0 Å². The standard InChI is InChI=1S/C13H19ClN4O3/c1-4-8(3)17(5-2)13(19)9-6-10(14)12(16-15)11(7-9)18(20)21/h6-8,16H,4-5,15H2,1-3H3. The van der Waals surface area contributed by atoms with Gasteiger partial charge in [0.2, 0.25) is 0 Å². The van der Waals surface area contributed by atoms with Gasteiger partial charge in [-0.05, 0) is 26.3 Å². The van der Waals surface area contributed by atoms with Crippen molar-refractivity contribution >= 4 is 28.9 Å². The van der Waals surface area contributed by atoms with Crippen LogP contribution in [0.2, 0.25) is 5.02 Å². The summed E-state index contributed by atoms with van der Waals surface area (Å²) < 4.78 is 0. The van der Waals surface area contributed by atoms with Crippen molar-refractivity contribution in [2.45, 2.75) is 33.2 Å². The number of hydrogen-bond donors (Lipinski definition) is 2. The number of halogens is 1. The Morgan fingerprint density at radius 1 is 1.52 bits per heavy atom. The molecule has 0 heterocycles. The highest BCUT2D eigenvalue weighted by Crippen LogP contribution is 2.33. The Morgan fingerprint density at radius 3 is 2.57 bits per heavy atom. The first-order valence-electron chi connectivity index (χ1n) is 6.62. The van der Waals surface area contributed by atoms with E-state index in [1.807, 2.05) is 20.8 Å². The number of hydrazine groups is 1. The maximum absolute atomic E-state index is 12.5. The van der Waals surface area contributed by atoms with E-state index in [1.165, 1.54) is 12.1 Å². The highest BCUT2D eigenvalue weighted by atomic mass is 35.5. The highest BCUT2D eigenvalue weighted by molar-refractivity contribution is 6.34. The smallest absolute Gasteiger partial charge is 0.295 e. The molecule has 0 aromatic heterocycles. The monoisotopic (exact) mass is 314 g/mol. The number of carbonyl (C=O) groups is 1. The molecule has 0 aliphatic carbocycles.